The maximum Gasteiger partial charge on any atom is 0.278 e. The topological polar surface area (TPSA) is 95.5 Å². The molecule has 0 bridgehead atoms. The molecule has 1 saturated heterocycles. The number of aromatic amines is 1. The molecule has 1 aliphatic heterocycles. The summed E-state index contributed by atoms with van der Waals surface area (Å²) in [6.45, 7) is 1.17. The summed E-state index contributed by atoms with van der Waals surface area (Å²) in [5.41, 5.74) is 0.614. The first-order valence-corrected chi connectivity index (χ1v) is 9.28. The Balaban J connectivity index is 1.69. The number of nitrogens with one attached hydrogen (secondary N) is 1. The number of H-pyrrole nitrogens is 1. The molecule has 1 aromatic heterocycles. The summed E-state index contributed by atoms with van der Waals surface area (Å²) in [5.74, 6) is -0.376. The van der Waals surface area contributed by atoms with Crippen LogP contribution in [0.1, 0.15) is 28.9 Å². The van der Waals surface area contributed by atoms with Crippen LogP contribution in [0.3, 0.4) is 0 Å². The SMILES string of the molecule is O=C(c1n[nH]c2ccccc2c1=O)N(Cc1ccccc1O)CC1CCCO1. The van der Waals surface area contributed by atoms with E-state index in [1.807, 2.05) is 0 Å². The molecular formula is C21H21N3O4. The van der Waals surface area contributed by atoms with Crippen molar-refractivity contribution < 1.29 is 14.6 Å². The Morgan fingerprint density at radius 2 is 2.00 bits per heavy atom. The van der Waals surface area contributed by atoms with Gasteiger partial charge in [-0.15, -0.1) is 0 Å². The van der Waals surface area contributed by atoms with Crippen molar-refractivity contribution in [1.82, 2.24) is 15.1 Å². The average Bonchev–Trinajstić information content (AvgIpc) is 3.22. The van der Waals surface area contributed by atoms with Crippen molar-refractivity contribution >= 4 is 16.8 Å². The van der Waals surface area contributed by atoms with Crippen molar-refractivity contribution in [2.45, 2.75) is 25.5 Å². The van der Waals surface area contributed by atoms with E-state index >= 15 is 0 Å². The van der Waals surface area contributed by atoms with E-state index in [1.54, 1.807) is 48.5 Å². The van der Waals surface area contributed by atoms with E-state index in [0.29, 0.717) is 29.6 Å². The van der Waals surface area contributed by atoms with E-state index in [0.717, 1.165) is 12.8 Å². The highest BCUT2D eigenvalue weighted by Crippen LogP contribution is 2.21. The predicted octanol–water partition coefficient (Wildman–Crippen LogP) is 2.45. The zero-order valence-corrected chi connectivity index (χ0v) is 15.3. The Hall–Kier alpha value is -3.19. The van der Waals surface area contributed by atoms with E-state index in [2.05, 4.69) is 10.2 Å². The van der Waals surface area contributed by atoms with Crippen LogP contribution >= 0.6 is 0 Å². The molecule has 4 rings (SSSR count). The maximum atomic E-state index is 13.2. The van der Waals surface area contributed by atoms with Gasteiger partial charge in [-0.05, 0) is 31.0 Å². The monoisotopic (exact) mass is 379 g/mol. The van der Waals surface area contributed by atoms with Crippen LogP contribution in [0, 0.1) is 0 Å². The smallest absolute Gasteiger partial charge is 0.278 e. The van der Waals surface area contributed by atoms with E-state index in [4.69, 9.17) is 4.74 Å². The number of nitrogens with zero attached hydrogens (tertiary/aromatic N) is 2. The van der Waals surface area contributed by atoms with Crippen molar-refractivity contribution in [2.75, 3.05) is 13.2 Å². The normalized spacial score (nSPS) is 16.4. The number of aromatic nitrogens is 2. The highest BCUT2D eigenvalue weighted by Gasteiger charge is 2.27. The molecule has 1 unspecified atom stereocenters. The van der Waals surface area contributed by atoms with Crippen LogP contribution in [-0.2, 0) is 11.3 Å². The standard InChI is InChI=1S/C21H21N3O4/c25-18-10-4-1-6-14(18)12-24(13-15-7-5-11-28-15)21(27)19-20(26)16-8-2-3-9-17(16)22-23-19/h1-4,6,8-10,15,25H,5,7,11-13H2,(H,22,26). The number of fused-ring (bicyclic) bond motifs is 1. The number of amides is 1. The van der Waals surface area contributed by atoms with Gasteiger partial charge in [-0.2, -0.15) is 5.10 Å². The minimum absolute atomic E-state index is 0.0886. The number of hydrogen-bond acceptors (Lipinski definition) is 5. The van der Waals surface area contributed by atoms with Crippen molar-refractivity contribution in [1.29, 1.82) is 0 Å². The van der Waals surface area contributed by atoms with E-state index in [9.17, 15) is 14.7 Å². The molecule has 2 heterocycles. The van der Waals surface area contributed by atoms with Gasteiger partial charge in [-0.3, -0.25) is 14.7 Å². The zero-order valence-electron chi connectivity index (χ0n) is 15.3. The number of phenolic OH excluding ortho intramolecular Hbond substituents is 1. The number of carbonyl (C=O) groups is 1. The molecule has 1 aliphatic rings. The fourth-order valence-electron chi connectivity index (χ4n) is 3.47. The molecule has 0 spiro atoms. The first-order chi connectivity index (χ1) is 13.6. The Labute approximate surface area is 161 Å². The maximum absolute atomic E-state index is 13.2. The average molecular weight is 379 g/mol. The minimum atomic E-state index is -0.481. The van der Waals surface area contributed by atoms with Gasteiger partial charge >= 0.3 is 0 Å². The lowest BCUT2D eigenvalue weighted by atomic mass is 10.1. The molecule has 3 aromatic rings. The molecule has 1 fully saturated rings. The number of ether oxygens (including phenoxy) is 1. The summed E-state index contributed by atoms with van der Waals surface area (Å²) in [7, 11) is 0. The number of aromatic hydroxyl groups is 1. The molecule has 7 heteroatoms. The van der Waals surface area contributed by atoms with Crippen LogP contribution in [0.4, 0.5) is 0 Å². The van der Waals surface area contributed by atoms with Gasteiger partial charge in [0.05, 0.1) is 11.6 Å². The Kier molecular flexibility index (Phi) is 5.08. The fourth-order valence-corrected chi connectivity index (χ4v) is 3.47. The highest BCUT2D eigenvalue weighted by atomic mass is 16.5. The van der Waals surface area contributed by atoms with E-state index in [-0.39, 0.29) is 24.1 Å². The van der Waals surface area contributed by atoms with E-state index < -0.39 is 11.3 Å². The van der Waals surface area contributed by atoms with Gasteiger partial charge in [0.25, 0.3) is 5.91 Å². The third kappa shape index (κ3) is 3.61. The Morgan fingerprint density at radius 3 is 2.79 bits per heavy atom. The number of phenols is 1. The van der Waals surface area contributed by atoms with Crippen LogP contribution in [-0.4, -0.2) is 45.4 Å². The number of para-hydroxylation sites is 2. The van der Waals surface area contributed by atoms with Gasteiger partial charge in [0.15, 0.2) is 5.69 Å². The van der Waals surface area contributed by atoms with Crippen molar-refractivity contribution in [3.05, 3.63) is 70.0 Å². The molecule has 1 amide bonds. The zero-order chi connectivity index (χ0) is 19.5. The molecule has 28 heavy (non-hydrogen) atoms. The number of rotatable bonds is 5. The second-order valence-corrected chi connectivity index (χ2v) is 6.90. The summed E-state index contributed by atoms with van der Waals surface area (Å²) in [5, 5.41) is 17.4. The molecule has 0 radical (unpaired) electrons. The van der Waals surface area contributed by atoms with Gasteiger partial charge in [-0.1, -0.05) is 30.3 Å². The predicted molar refractivity (Wildman–Crippen MR) is 104 cm³/mol. The summed E-state index contributed by atoms with van der Waals surface area (Å²) >= 11 is 0. The van der Waals surface area contributed by atoms with Crippen LogP contribution in [0.2, 0.25) is 0 Å². The lowest BCUT2D eigenvalue weighted by Crippen LogP contribution is -2.39. The largest absolute Gasteiger partial charge is 0.508 e. The lowest BCUT2D eigenvalue weighted by Gasteiger charge is -2.25. The summed E-state index contributed by atoms with van der Waals surface area (Å²) < 4.78 is 5.68. The summed E-state index contributed by atoms with van der Waals surface area (Å²) in [4.78, 5) is 27.6. The molecule has 7 nitrogen and oxygen atoms in total. The van der Waals surface area contributed by atoms with Gasteiger partial charge in [0.1, 0.15) is 5.75 Å². The van der Waals surface area contributed by atoms with Gasteiger partial charge in [-0.25, -0.2) is 0 Å². The second-order valence-electron chi connectivity index (χ2n) is 6.90. The van der Waals surface area contributed by atoms with Crippen molar-refractivity contribution in [2.24, 2.45) is 0 Å². The highest BCUT2D eigenvalue weighted by molar-refractivity contribution is 5.95. The molecule has 0 saturated carbocycles. The lowest BCUT2D eigenvalue weighted by molar-refractivity contribution is 0.0499. The fraction of sp³-hybridized carbons (Fsp3) is 0.286. The third-order valence-corrected chi connectivity index (χ3v) is 4.97. The van der Waals surface area contributed by atoms with Crippen LogP contribution in [0.15, 0.2) is 53.3 Å². The summed E-state index contributed by atoms with van der Waals surface area (Å²) in [6, 6.07) is 13.8. The molecular weight excluding hydrogens is 358 g/mol. The van der Waals surface area contributed by atoms with Gasteiger partial charge in [0, 0.05) is 30.6 Å². The molecule has 0 aliphatic carbocycles. The quantitative estimate of drug-likeness (QED) is 0.710. The molecule has 2 N–H and O–H groups in total. The number of benzene rings is 2. The minimum Gasteiger partial charge on any atom is -0.508 e. The first kappa shape index (κ1) is 18.2. The number of carbonyl (C=O) groups excluding carboxylic acids is 1. The van der Waals surface area contributed by atoms with E-state index in [1.165, 1.54) is 4.90 Å². The summed E-state index contributed by atoms with van der Waals surface area (Å²) in [6.07, 6.45) is 1.71. The Morgan fingerprint density at radius 1 is 1.21 bits per heavy atom. The molecule has 1 atom stereocenters. The molecule has 2 aromatic carbocycles. The van der Waals surface area contributed by atoms with Crippen molar-refractivity contribution in [3.8, 4) is 5.75 Å². The first-order valence-electron chi connectivity index (χ1n) is 9.28. The van der Waals surface area contributed by atoms with Gasteiger partial charge in [0.2, 0.25) is 5.43 Å². The van der Waals surface area contributed by atoms with Crippen LogP contribution in [0.5, 0.6) is 5.75 Å². The van der Waals surface area contributed by atoms with Crippen LogP contribution < -0.4 is 5.43 Å². The second kappa shape index (κ2) is 7.82. The number of hydrogen-bond donors (Lipinski definition) is 2. The molecule has 144 valence electrons. The Bertz CT molecular complexity index is 1060. The van der Waals surface area contributed by atoms with Crippen molar-refractivity contribution in [3.63, 3.8) is 0 Å². The third-order valence-electron chi connectivity index (χ3n) is 4.97. The van der Waals surface area contributed by atoms with Gasteiger partial charge < -0.3 is 14.7 Å². The van der Waals surface area contributed by atoms with Crippen LogP contribution in [0.25, 0.3) is 10.9 Å².